The lowest BCUT2D eigenvalue weighted by Gasteiger charge is -2.29. The molecule has 0 radical (unpaired) electrons. The fourth-order valence-electron chi connectivity index (χ4n) is 4.86. The number of esters is 1. The molecular weight excluding hydrogens is 572 g/mol. The smallest absolute Gasteiger partial charge is 0.329 e. The van der Waals surface area contributed by atoms with Crippen LogP contribution in [0, 0.1) is 0 Å². The van der Waals surface area contributed by atoms with Crippen molar-refractivity contribution in [1.29, 1.82) is 0 Å². The van der Waals surface area contributed by atoms with E-state index in [-0.39, 0.29) is 18.9 Å². The fraction of sp³-hybridized carbons (Fsp3) is 0.389. The fourth-order valence-corrected chi connectivity index (χ4v) is 4.86. The monoisotopic (exact) mass is 616 g/mol. The maximum Gasteiger partial charge on any atom is 0.329 e. The zero-order chi connectivity index (χ0) is 32.3. The number of benzene rings is 3. The van der Waals surface area contributed by atoms with Crippen LogP contribution in [0.3, 0.4) is 0 Å². The van der Waals surface area contributed by atoms with Crippen LogP contribution in [0.5, 0.6) is 5.75 Å². The van der Waals surface area contributed by atoms with Gasteiger partial charge in [0.2, 0.25) is 5.91 Å². The van der Waals surface area contributed by atoms with Gasteiger partial charge in [0, 0.05) is 24.6 Å². The van der Waals surface area contributed by atoms with E-state index in [1.54, 1.807) is 60.7 Å². The molecule has 2 N–H and O–H groups in total. The number of carboxylic acid groups (broad SMARTS) is 1. The summed E-state index contributed by atoms with van der Waals surface area (Å²) in [5, 5.41) is 12.5. The molecule has 3 aromatic rings. The molecular formula is C36H44N2O7. The largest absolute Gasteiger partial charge is 0.484 e. The van der Waals surface area contributed by atoms with Crippen molar-refractivity contribution in [2.75, 3.05) is 18.5 Å². The van der Waals surface area contributed by atoms with Crippen LogP contribution >= 0.6 is 0 Å². The minimum atomic E-state index is -1.28. The number of carboxylic acids is 1. The van der Waals surface area contributed by atoms with Crippen LogP contribution in [-0.4, -0.2) is 53.0 Å². The number of hydrogen-bond donors (Lipinski definition) is 2. The first-order valence-electron chi connectivity index (χ1n) is 15.6. The SMILES string of the molecule is CCCCCCCCCC(=O)Nc1cccc(OCC(=O)N(CC(=O)O)[C@@H](Cc2ccccc2)C(=O)OCc2ccccc2)c1. The van der Waals surface area contributed by atoms with E-state index in [0.717, 1.165) is 35.3 Å². The van der Waals surface area contributed by atoms with Gasteiger partial charge in [0.1, 0.15) is 24.9 Å². The first kappa shape index (κ1) is 34.8. The predicted molar refractivity (Wildman–Crippen MR) is 173 cm³/mol. The zero-order valence-corrected chi connectivity index (χ0v) is 26.0. The number of carbonyl (C=O) groups is 4. The van der Waals surface area contributed by atoms with Gasteiger partial charge in [-0.25, -0.2) is 4.79 Å². The van der Waals surface area contributed by atoms with E-state index in [4.69, 9.17) is 9.47 Å². The first-order valence-corrected chi connectivity index (χ1v) is 15.6. The Morgan fingerprint density at radius 1 is 0.800 bits per heavy atom. The minimum absolute atomic E-state index is 0.0198. The number of rotatable bonds is 20. The Bertz CT molecular complexity index is 1350. The molecule has 0 saturated carbocycles. The van der Waals surface area contributed by atoms with Crippen molar-refractivity contribution < 1.29 is 33.8 Å². The number of nitrogens with zero attached hydrogens (tertiary/aromatic N) is 1. The highest BCUT2D eigenvalue weighted by atomic mass is 16.5. The lowest BCUT2D eigenvalue weighted by atomic mass is 10.0. The average Bonchev–Trinajstić information content (AvgIpc) is 3.04. The molecule has 0 spiro atoms. The number of hydrogen-bond acceptors (Lipinski definition) is 6. The first-order chi connectivity index (χ1) is 21.9. The van der Waals surface area contributed by atoms with Crippen molar-refractivity contribution >= 4 is 29.4 Å². The Kier molecular flexibility index (Phi) is 15.2. The van der Waals surface area contributed by atoms with E-state index in [9.17, 15) is 24.3 Å². The Labute approximate surface area is 265 Å². The predicted octanol–water partition coefficient (Wildman–Crippen LogP) is 6.41. The van der Waals surface area contributed by atoms with Gasteiger partial charge in [0.25, 0.3) is 5.91 Å². The van der Waals surface area contributed by atoms with Gasteiger partial charge in [-0.2, -0.15) is 0 Å². The lowest BCUT2D eigenvalue weighted by molar-refractivity contribution is -0.159. The maximum atomic E-state index is 13.4. The Hall–Kier alpha value is -4.66. The summed E-state index contributed by atoms with van der Waals surface area (Å²) in [7, 11) is 0. The van der Waals surface area contributed by atoms with E-state index in [0.29, 0.717) is 17.9 Å². The van der Waals surface area contributed by atoms with Crippen molar-refractivity contribution in [1.82, 2.24) is 4.90 Å². The van der Waals surface area contributed by atoms with Crippen LogP contribution in [0.2, 0.25) is 0 Å². The molecule has 0 heterocycles. The molecule has 0 fully saturated rings. The molecule has 0 saturated heterocycles. The number of amides is 2. The molecule has 0 bridgehead atoms. The number of ether oxygens (including phenoxy) is 2. The van der Waals surface area contributed by atoms with Crippen molar-refractivity contribution in [3.63, 3.8) is 0 Å². The standard InChI is InChI=1S/C36H44N2O7/c1-2-3-4-5-6-7-14-22-33(39)37-30-20-15-21-31(24-30)44-27-34(40)38(25-35(41)42)32(23-28-16-10-8-11-17-28)36(43)45-26-29-18-12-9-13-19-29/h8-13,15-21,24,32H,2-7,14,22-23,25-27H2,1H3,(H,37,39)(H,41,42)/t32-/m0/s1. The highest BCUT2D eigenvalue weighted by Crippen LogP contribution is 2.19. The van der Waals surface area contributed by atoms with Crippen molar-refractivity contribution in [2.24, 2.45) is 0 Å². The van der Waals surface area contributed by atoms with Crippen LogP contribution < -0.4 is 10.1 Å². The Balaban J connectivity index is 1.62. The normalized spacial score (nSPS) is 11.3. The third-order valence-electron chi connectivity index (χ3n) is 7.26. The van der Waals surface area contributed by atoms with Crippen molar-refractivity contribution in [2.45, 2.75) is 77.4 Å². The Morgan fingerprint density at radius 2 is 1.44 bits per heavy atom. The van der Waals surface area contributed by atoms with E-state index in [1.807, 2.05) is 24.3 Å². The van der Waals surface area contributed by atoms with E-state index in [2.05, 4.69) is 12.2 Å². The van der Waals surface area contributed by atoms with Gasteiger partial charge in [-0.05, 0) is 29.7 Å². The molecule has 45 heavy (non-hydrogen) atoms. The van der Waals surface area contributed by atoms with E-state index >= 15 is 0 Å². The van der Waals surface area contributed by atoms with Crippen LogP contribution in [0.15, 0.2) is 84.9 Å². The molecule has 9 heteroatoms. The second-order valence-corrected chi connectivity index (χ2v) is 11.0. The molecule has 1 atom stereocenters. The quantitative estimate of drug-likeness (QED) is 0.111. The van der Waals surface area contributed by atoms with Crippen molar-refractivity contribution in [3.05, 3.63) is 96.1 Å². The van der Waals surface area contributed by atoms with Crippen LogP contribution in [0.25, 0.3) is 0 Å². The highest BCUT2D eigenvalue weighted by molar-refractivity contribution is 5.91. The zero-order valence-electron chi connectivity index (χ0n) is 26.0. The molecule has 2 amide bonds. The topological polar surface area (TPSA) is 122 Å². The van der Waals surface area contributed by atoms with Crippen LogP contribution in [0.4, 0.5) is 5.69 Å². The summed E-state index contributed by atoms with van der Waals surface area (Å²) in [5.74, 6) is -2.46. The molecule has 0 aliphatic carbocycles. The molecule has 240 valence electrons. The number of carbonyl (C=O) groups excluding carboxylic acids is 3. The summed E-state index contributed by atoms with van der Waals surface area (Å²) < 4.78 is 11.3. The average molecular weight is 617 g/mol. The van der Waals surface area contributed by atoms with Gasteiger partial charge in [0.15, 0.2) is 6.61 Å². The number of aliphatic carboxylic acids is 1. The summed E-state index contributed by atoms with van der Waals surface area (Å²) in [6, 6.07) is 23.6. The molecule has 9 nitrogen and oxygen atoms in total. The second kappa shape index (κ2) is 19.6. The van der Waals surface area contributed by atoms with Gasteiger partial charge < -0.3 is 24.8 Å². The van der Waals surface area contributed by atoms with Gasteiger partial charge >= 0.3 is 11.9 Å². The summed E-state index contributed by atoms with van der Waals surface area (Å²) in [4.78, 5) is 52.0. The summed E-state index contributed by atoms with van der Waals surface area (Å²) >= 11 is 0. The van der Waals surface area contributed by atoms with Gasteiger partial charge in [-0.3, -0.25) is 14.4 Å². The third-order valence-corrected chi connectivity index (χ3v) is 7.26. The van der Waals surface area contributed by atoms with Gasteiger partial charge in [-0.15, -0.1) is 0 Å². The Morgan fingerprint density at radius 3 is 2.11 bits per heavy atom. The molecule has 3 rings (SSSR count). The minimum Gasteiger partial charge on any atom is -0.484 e. The van der Waals surface area contributed by atoms with Crippen LogP contribution in [-0.2, 0) is 36.9 Å². The second-order valence-electron chi connectivity index (χ2n) is 11.0. The van der Waals surface area contributed by atoms with Gasteiger partial charge in [0.05, 0.1) is 0 Å². The van der Waals surface area contributed by atoms with Crippen molar-refractivity contribution in [3.8, 4) is 5.75 Å². The lowest BCUT2D eigenvalue weighted by Crippen LogP contribution is -2.51. The summed E-state index contributed by atoms with van der Waals surface area (Å²) in [6.45, 7) is 0.939. The maximum absolute atomic E-state index is 13.4. The number of unbranched alkanes of at least 4 members (excludes halogenated alkanes) is 6. The van der Waals surface area contributed by atoms with Gasteiger partial charge in [-0.1, -0.05) is 112 Å². The highest BCUT2D eigenvalue weighted by Gasteiger charge is 2.33. The number of anilines is 1. The van der Waals surface area contributed by atoms with E-state index < -0.39 is 37.0 Å². The number of nitrogens with one attached hydrogen (secondary N) is 1. The van der Waals surface area contributed by atoms with Crippen LogP contribution in [0.1, 0.15) is 69.4 Å². The molecule has 0 unspecified atom stereocenters. The molecule has 0 aliphatic rings. The molecule has 0 aliphatic heterocycles. The molecule has 0 aromatic heterocycles. The summed E-state index contributed by atoms with van der Waals surface area (Å²) in [5.41, 5.74) is 2.03. The molecule has 3 aromatic carbocycles. The third kappa shape index (κ3) is 13.3. The summed E-state index contributed by atoms with van der Waals surface area (Å²) in [6.07, 6.45) is 8.33. The van der Waals surface area contributed by atoms with E-state index in [1.165, 1.54) is 25.7 Å².